The fourth-order valence-electron chi connectivity index (χ4n) is 8.03. The zero-order chi connectivity index (χ0) is 49.3. The summed E-state index contributed by atoms with van der Waals surface area (Å²) in [4.78, 5) is 52.5. The number of nitrogens with zero attached hydrogens (tertiary/aromatic N) is 2. The molecule has 2 aromatic rings. The lowest BCUT2D eigenvalue weighted by molar-refractivity contribution is -0.193. The van der Waals surface area contributed by atoms with E-state index in [1.165, 1.54) is 12.1 Å². The minimum absolute atomic E-state index is 0.0442. The molecule has 2 aromatic carbocycles. The second-order valence-electron chi connectivity index (χ2n) is 16.8. The van der Waals surface area contributed by atoms with Crippen LogP contribution in [-0.2, 0) is 38.0 Å². The van der Waals surface area contributed by atoms with Crippen LogP contribution in [0.1, 0.15) is 46.4 Å². The molecule has 0 saturated heterocycles. The third-order valence-corrected chi connectivity index (χ3v) is 11.7. The van der Waals surface area contributed by atoms with Gasteiger partial charge in [-0.05, 0) is 72.6 Å². The van der Waals surface area contributed by atoms with E-state index in [0.29, 0.717) is 105 Å². The van der Waals surface area contributed by atoms with Crippen LogP contribution < -0.4 is 25.5 Å². The number of benzene rings is 3. The summed E-state index contributed by atoms with van der Waals surface area (Å²) in [6.07, 6.45) is -1.81. The molecule has 1 saturated carbocycles. The smallest absolute Gasteiger partial charge is 0.456 e. The molecular formula is C50H60F3N4O12+. The van der Waals surface area contributed by atoms with Gasteiger partial charge in [0.2, 0.25) is 5.36 Å². The Balaban J connectivity index is 0.889. The first-order valence-electron chi connectivity index (χ1n) is 22.9. The van der Waals surface area contributed by atoms with Crippen molar-refractivity contribution in [2.45, 2.75) is 31.9 Å². The van der Waals surface area contributed by atoms with Gasteiger partial charge in [-0.1, -0.05) is 0 Å². The molecule has 3 aliphatic carbocycles. The van der Waals surface area contributed by atoms with Crippen LogP contribution in [0.5, 0.6) is 0 Å². The van der Waals surface area contributed by atoms with Gasteiger partial charge in [-0.25, -0.2) is 19.0 Å². The number of alkyl carbamates (subject to hydrolysis) is 1. The quantitative estimate of drug-likeness (QED) is 0.0224. The van der Waals surface area contributed by atoms with Crippen LogP contribution in [0, 0.1) is 29.6 Å². The second-order valence-corrected chi connectivity index (χ2v) is 16.8. The van der Waals surface area contributed by atoms with Crippen LogP contribution in [0.15, 0.2) is 59.0 Å². The molecular weight excluding hydrogens is 906 g/mol. The van der Waals surface area contributed by atoms with Crippen molar-refractivity contribution in [3.05, 3.63) is 71.1 Å². The molecule has 0 bridgehead atoms. The highest BCUT2D eigenvalue weighted by Crippen LogP contribution is 2.52. The second kappa shape index (κ2) is 25.5. The third-order valence-electron chi connectivity index (χ3n) is 11.7. The highest BCUT2D eigenvalue weighted by atomic mass is 19.4. The molecule has 372 valence electrons. The Kier molecular flexibility index (Phi) is 19.4. The molecule has 3 atom stereocenters. The molecule has 6 rings (SSSR count). The molecule has 16 nitrogen and oxygen atoms in total. The Bertz CT molecular complexity index is 2490. The van der Waals surface area contributed by atoms with Crippen LogP contribution in [0.4, 0.5) is 23.7 Å². The Labute approximate surface area is 398 Å². The van der Waals surface area contributed by atoms with Crippen molar-refractivity contribution in [2.75, 3.05) is 119 Å². The number of amides is 2. The number of hydrogen-bond acceptors (Lipinski definition) is 13. The molecule has 4 aliphatic rings. The number of alkyl halides is 3. The molecule has 0 radical (unpaired) electrons. The number of ether oxygens (including phenoxy) is 7. The Morgan fingerprint density at radius 2 is 1.33 bits per heavy atom. The van der Waals surface area contributed by atoms with Crippen molar-refractivity contribution < 1.29 is 69.9 Å². The summed E-state index contributed by atoms with van der Waals surface area (Å²) < 4.78 is 85.2. The standard InChI is InChI=1S/C50H59F3N4O12/c1-56(2)34-12-15-39-43(30-34)68-44-31-35(57(3)4)13-16-40(44)45(39)41-29-33(11-14-38(41)47(59)69-48(60)50(51,52)53)46(58)54-17-19-62-21-23-64-25-27-66-28-26-65-24-22-63-20-18-55-49(61)67-32-42-36-9-7-5-6-8-10-37(36)42/h11-16,29-31,36-37,42H,7-10,17-28,32H2,1-4H3,(H-,54,55,58,61)/p+1/t36-,37+,42+. The maximum atomic E-state index is 13.5. The fraction of sp³-hybridized carbons (Fsp3) is 0.500. The van der Waals surface area contributed by atoms with Gasteiger partial charge >= 0.3 is 24.2 Å². The predicted octanol–water partition coefficient (Wildman–Crippen LogP) is 5.53. The number of carbonyl (C=O) groups excluding carboxylic acids is 4. The third kappa shape index (κ3) is 15.2. The van der Waals surface area contributed by atoms with E-state index in [2.05, 4.69) is 27.2 Å². The van der Waals surface area contributed by atoms with Gasteiger partial charge in [-0.3, -0.25) is 4.79 Å². The lowest BCUT2D eigenvalue weighted by Crippen LogP contribution is -2.29. The van der Waals surface area contributed by atoms with Crippen LogP contribution in [0.2, 0.25) is 0 Å². The zero-order valence-corrected chi connectivity index (χ0v) is 39.4. The summed E-state index contributed by atoms with van der Waals surface area (Å²) >= 11 is 0. The van der Waals surface area contributed by atoms with Crippen molar-refractivity contribution in [2.24, 2.45) is 17.8 Å². The van der Waals surface area contributed by atoms with E-state index in [1.807, 2.05) is 37.7 Å². The van der Waals surface area contributed by atoms with Gasteiger partial charge < -0.3 is 53.1 Å². The molecule has 0 aromatic heterocycles. The van der Waals surface area contributed by atoms with Gasteiger partial charge in [-0.2, -0.15) is 13.2 Å². The number of nitrogens with one attached hydrogen (secondary N) is 2. The molecule has 69 heavy (non-hydrogen) atoms. The van der Waals surface area contributed by atoms with Gasteiger partial charge in [0.15, 0.2) is 0 Å². The zero-order valence-electron chi connectivity index (χ0n) is 39.4. The van der Waals surface area contributed by atoms with E-state index in [9.17, 15) is 32.3 Å². The first-order valence-corrected chi connectivity index (χ1v) is 22.9. The highest BCUT2D eigenvalue weighted by Gasteiger charge is 2.49. The normalized spacial score (nSPS) is 16.4. The molecule has 19 heteroatoms. The summed E-state index contributed by atoms with van der Waals surface area (Å²) in [6, 6.07) is 14.5. The van der Waals surface area contributed by atoms with E-state index in [0.717, 1.165) is 42.8 Å². The summed E-state index contributed by atoms with van der Waals surface area (Å²) in [6.45, 7) is 4.12. The minimum atomic E-state index is -5.42. The van der Waals surface area contributed by atoms with Crippen molar-refractivity contribution >= 4 is 40.6 Å². The minimum Gasteiger partial charge on any atom is -0.456 e. The number of esters is 2. The average Bonchev–Trinajstić information content (AvgIpc) is 3.97. The number of carbonyl (C=O) groups is 4. The lowest BCUT2D eigenvalue weighted by Gasteiger charge is -2.20. The van der Waals surface area contributed by atoms with E-state index in [-0.39, 0.29) is 43.1 Å². The van der Waals surface area contributed by atoms with E-state index in [1.54, 1.807) is 36.4 Å². The number of rotatable bonds is 24. The molecule has 2 N–H and O–H groups in total. The molecule has 1 heterocycles. The molecule has 1 fully saturated rings. The van der Waals surface area contributed by atoms with Crippen LogP contribution >= 0.6 is 0 Å². The summed E-state index contributed by atoms with van der Waals surface area (Å²) in [7, 11) is 7.39. The van der Waals surface area contributed by atoms with E-state index < -0.39 is 30.1 Å². The first kappa shape index (κ1) is 52.3. The monoisotopic (exact) mass is 965 g/mol. The van der Waals surface area contributed by atoms with Crippen molar-refractivity contribution in [3.8, 4) is 34.3 Å². The Hall–Kier alpha value is -6.04. The van der Waals surface area contributed by atoms with E-state index >= 15 is 0 Å². The van der Waals surface area contributed by atoms with E-state index in [4.69, 9.17) is 32.8 Å². The Morgan fingerprint density at radius 1 is 0.739 bits per heavy atom. The van der Waals surface area contributed by atoms with Crippen molar-refractivity contribution in [1.29, 1.82) is 0 Å². The summed E-state index contributed by atoms with van der Waals surface area (Å²) in [5.74, 6) is 3.71. The maximum Gasteiger partial charge on any atom is 0.491 e. The maximum absolute atomic E-state index is 13.5. The van der Waals surface area contributed by atoms with Crippen molar-refractivity contribution in [3.63, 3.8) is 0 Å². The highest BCUT2D eigenvalue weighted by molar-refractivity contribution is 6.11. The van der Waals surface area contributed by atoms with Crippen LogP contribution in [0.3, 0.4) is 0 Å². The molecule has 2 amide bonds. The lowest BCUT2D eigenvalue weighted by atomic mass is 9.89. The number of anilines is 1. The first-order chi connectivity index (χ1) is 33.2. The number of hydrogen-bond donors (Lipinski definition) is 2. The number of halogens is 3. The topological polar surface area (TPSA) is 176 Å². The molecule has 0 spiro atoms. The van der Waals surface area contributed by atoms with Crippen LogP contribution in [0.25, 0.3) is 33.4 Å². The van der Waals surface area contributed by atoms with Gasteiger partial charge in [0.25, 0.3) is 5.91 Å². The van der Waals surface area contributed by atoms with Crippen LogP contribution in [-0.4, -0.2) is 144 Å². The Morgan fingerprint density at radius 3 is 1.91 bits per heavy atom. The van der Waals surface area contributed by atoms with Crippen molar-refractivity contribution in [1.82, 2.24) is 15.2 Å². The predicted molar refractivity (Wildman–Crippen MR) is 249 cm³/mol. The molecule has 1 aliphatic heterocycles. The number of fused-ring (bicyclic) bond motifs is 3. The van der Waals surface area contributed by atoms with Gasteiger partial charge in [0.05, 0.1) is 84.3 Å². The fourth-order valence-corrected chi connectivity index (χ4v) is 8.03. The van der Waals surface area contributed by atoms with Gasteiger partial charge in [-0.15, -0.1) is 11.8 Å². The molecule has 0 unspecified atom stereocenters. The SMILES string of the molecule is CN(C)c1ccc2c(-c3cc(C(=O)NCCOCCOCCOCCOCCOCCNC(=O)OC[C@H]4[C@@H]5CCC#CCC[C@@H]54)ccc3C(=O)OC(=O)C(F)(F)F)c3ccc(=[N+](C)C)cc-3oc2c1. The summed E-state index contributed by atoms with van der Waals surface area (Å²) in [5, 5.41) is 6.74. The average molecular weight is 966 g/mol. The largest absolute Gasteiger partial charge is 0.491 e. The van der Waals surface area contributed by atoms with Gasteiger partial charge in [0, 0.05) is 79.9 Å². The van der Waals surface area contributed by atoms with Gasteiger partial charge in [0.1, 0.15) is 25.4 Å². The summed E-state index contributed by atoms with van der Waals surface area (Å²) in [5.41, 5.74) is 1.78.